The van der Waals surface area contributed by atoms with Gasteiger partial charge in [0.1, 0.15) is 0 Å². The zero-order valence-electron chi connectivity index (χ0n) is 13.4. The van der Waals surface area contributed by atoms with Crippen LogP contribution in [0, 0.1) is 0 Å². The van der Waals surface area contributed by atoms with E-state index < -0.39 is 0 Å². The summed E-state index contributed by atoms with van der Waals surface area (Å²) in [4.78, 5) is 17.0. The van der Waals surface area contributed by atoms with Crippen molar-refractivity contribution in [3.05, 3.63) is 63.6 Å². The first-order valence-electron chi connectivity index (χ1n) is 8.13. The van der Waals surface area contributed by atoms with E-state index in [2.05, 4.69) is 31.8 Å². The van der Waals surface area contributed by atoms with E-state index in [4.69, 9.17) is 11.6 Å². The van der Waals surface area contributed by atoms with Gasteiger partial charge in [-0.3, -0.25) is 9.69 Å². The third-order valence-corrected chi connectivity index (χ3v) is 5.13. The summed E-state index contributed by atoms with van der Waals surface area (Å²) in [6, 6.07) is 15.6. The minimum absolute atomic E-state index is 0.208. The number of benzene rings is 2. The van der Waals surface area contributed by atoms with Crippen LogP contribution in [0.25, 0.3) is 0 Å². The number of ketones is 1. The number of rotatable bonds is 5. The van der Waals surface area contributed by atoms with Gasteiger partial charge in [-0.25, -0.2) is 0 Å². The predicted molar refractivity (Wildman–Crippen MR) is 103 cm³/mol. The quantitative estimate of drug-likeness (QED) is 0.682. The second-order valence-electron chi connectivity index (χ2n) is 5.99. The third-order valence-electron chi connectivity index (χ3n) is 4.37. The highest BCUT2D eigenvalue weighted by molar-refractivity contribution is 9.10. The molecule has 0 N–H and O–H groups in total. The summed E-state index contributed by atoms with van der Waals surface area (Å²) in [5.74, 6) is 0.208. The highest BCUT2D eigenvalue weighted by Gasteiger charge is 2.18. The number of piperazine rings is 1. The molecule has 1 heterocycles. The van der Waals surface area contributed by atoms with Gasteiger partial charge in [0.05, 0.1) is 0 Å². The number of carbonyl (C=O) groups excluding carboxylic acids is 1. The Hall–Kier alpha value is -1.36. The summed E-state index contributed by atoms with van der Waals surface area (Å²) in [6.07, 6.45) is 0.568. The molecule has 0 atom stereocenters. The summed E-state index contributed by atoms with van der Waals surface area (Å²) in [7, 11) is 0. The van der Waals surface area contributed by atoms with Crippen molar-refractivity contribution in [3.8, 4) is 0 Å². The molecule has 1 fully saturated rings. The fraction of sp³-hybridized carbons (Fsp3) is 0.316. The maximum atomic E-state index is 12.3. The van der Waals surface area contributed by atoms with Gasteiger partial charge in [0.15, 0.2) is 5.78 Å². The van der Waals surface area contributed by atoms with Crippen LogP contribution in [-0.4, -0.2) is 43.4 Å². The fourth-order valence-corrected chi connectivity index (χ4v) is 3.39. The lowest BCUT2D eigenvalue weighted by Gasteiger charge is -2.36. The summed E-state index contributed by atoms with van der Waals surface area (Å²) >= 11 is 9.46. The Labute approximate surface area is 156 Å². The van der Waals surface area contributed by atoms with E-state index in [-0.39, 0.29) is 5.78 Å². The van der Waals surface area contributed by atoms with E-state index in [1.54, 1.807) is 0 Å². The normalized spacial score (nSPS) is 15.5. The van der Waals surface area contributed by atoms with Gasteiger partial charge in [0.25, 0.3) is 0 Å². The number of hydrogen-bond acceptors (Lipinski definition) is 3. The smallest absolute Gasteiger partial charge is 0.164 e. The standard InChI is InChI=1S/C19H20BrClN2O/c20-16-6-4-15(5-7-16)19(24)8-9-22-10-12-23(13-11-22)18-3-1-2-17(21)14-18/h1-7,14H,8-13H2. The van der Waals surface area contributed by atoms with Gasteiger partial charge in [-0.2, -0.15) is 0 Å². The Kier molecular flexibility index (Phi) is 5.93. The van der Waals surface area contributed by atoms with Crippen LogP contribution < -0.4 is 4.90 Å². The van der Waals surface area contributed by atoms with Crippen LogP contribution in [-0.2, 0) is 0 Å². The Morgan fingerprint density at radius 3 is 2.42 bits per heavy atom. The lowest BCUT2D eigenvalue weighted by molar-refractivity contribution is 0.0962. The van der Waals surface area contributed by atoms with Crippen LogP contribution >= 0.6 is 27.5 Å². The average Bonchev–Trinajstić information content (AvgIpc) is 2.61. The molecule has 126 valence electrons. The van der Waals surface area contributed by atoms with Crippen molar-refractivity contribution >= 4 is 39.0 Å². The van der Waals surface area contributed by atoms with Crippen LogP contribution in [0.1, 0.15) is 16.8 Å². The molecule has 3 nitrogen and oxygen atoms in total. The first-order valence-corrected chi connectivity index (χ1v) is 9.30. The van der Waals surface area contributed by atoms with Crippen molar-refractivity contribution in [3.63, 3.8) is 0 Å². The molecule has 0 aromatic heterocycles. The average molecular weight is 408 g/mol. The molecule has 0 saturated carbocycles. The van der Waals surface area contributed by atoms with Gasteiger partial charge in [0.2, 0.25) is 0 Å². The van der Waals surface area contributed by atoms with Gasteiger partial charge in [-0.15, -0.1) is 0 Å². The molecular formula is C19H20BrClN2O. The maximum absolute atomic E-state index is 12.3. The maximum Gasteiger partial charge on any atom is 0.164 e. The van der Waals surface area contributed by atoms with Crippen LogP contribution in [0.2, 0.25) is 5.02 Å². The molecule has 2 aromatic carbocycles. The van der Waals surface area contributed by atoms with Crippen molar-refractivity contribution in [2.75, 3.05) is 37.6 Å². The highest BCUT2D eigenvalue weighted by Crippen LogP contribution is 2.21. The van der Waals surface area contributed by atoms with Crippen LogP contribution in [0.15, 0.2) is 53.0 Å². The summed E-state index contributed by atoms with van der Waals surface area (Å²) in [6.45, 7) is 4.69. The summed E-state index contributed by atoms with van der Waals surface area (Å²) < 4.78 is 0.996. The van der Waals surface area contributed by atoms with Crippen molar-refractivity contribution in [1.82, 2.24) is 4.90 Å². The summed E-state index contributed by atoms with van der Waals surface area (Å²) in [5.41, 5.74) is 1.96. The molecule has 0 aliphatic carbocycles. The fourth-order valence-electron chi connectivity index (χ4n) is 2.94. The molecule has 3 rings (SSSR count). The minimum Gasteiger partial charge on any atom is -0.369 e. The minimum atomic E-state index is 0.208. The molecule has 1 saturated heterocycles. The zero-order valence-corrected chi connectivity index (χ0v) is 15.8. The van der Waals surface area contributed by atoms with Gasteiger partial charge >= 0.3 is 0 Å². The lowest BCUT2D eigenvalue weighted by Crippen LogP contribution is -2.46. The molecule has 0 unspecified atom stereocenters. The Bertz CT molecular complexity index is 697. The number of anilines is 1. The first-order chi connectivity index (χ1) is 11.6. The number of halogens is 2. The number of hydrogen-bond donors (Lipinski definition) is 0. The van der Waals surface area contributed by atoms with Crippen LogP contribution in [0.5, 0.6) is 0 Å². The van der Waals surface area contributed by atoms with Crippen molar-refractivity contribution in [2.24, 2.45) is 0 Å². The van der Waals surface area contributed by atoms with E-state index in [9.17, 15) is 4.79 Å². The second-order valence-corrected chi connectivity index (χ2v) is 7.34. The van der Waals surface area contributed by atoms with E-state index in [0.717, 1.165) is 47.8 Å². The van der Waals surface area contributed by atoms with E-state index >= 15 is 0 Å². The van der Waals surface area contributed by atoms with Crippen molar-refractivity contribution in [1.29, 1.82) is 0 Å². The molecule has 0 amide bonds. The van der Waals surface area contributed by atoms with Gasteiger partial charge in [-0.1, -0.05) is 45.7 Å². The molecule has 2 aromatic rings. The molecule has 0 radical (unpaired) electrons. The summed E-state index contributed by atoms with van der Waals surface area (Å²) in [5, 5.41) is 0.773. The Morgan fingerprint density at radius 2 is 1.75 bits per heavy atom. The van der Waals surface area contributed by atoms with Crippen molar-refractivity contribution in [2.45, 2.75) is 6.42 Å². The lowest BCUT2D eigenvalue weighted by atomic mass is 10.1. The Morgan fingerprint density at radius 1 is 1.04 bits per heavy atom. The molecule has 1 aliphatic rings. The second kappa shape index (κ2) is 8.15. The van der Waals surface area contributed by atoms with Crippen LogP contribution in [0.4, 0.5) is 5.69 Å². The third kappa shape index (κ3) is 4.59. The largest absolute Gasteiger partial charge is 0.369 e. The van der Waals surface area contributed by atoms with Gasteiger partial charge in [0, 0.05) is 59.9 Å². The van der Waals surface area contributed by atoms with E-state index in [1.807, 2.05) is 42.5 Å². The molecule has 24 heavy (non-hydrogen) atoms. The zero-order chi connectivity index (χ0) is 16.9. The van der Waals surface area contributed by atoms with E-state index in [0.29, 0.717) is 6.42 Å². The number of Topliss-reactive ketones (excluding diaryl/α,β-unsaturated/α-hetero) is 1. The highest BCUT2D eigenvalue weighted by atomic mass is 79.9. The molecule has 0 bridgehead atoms. The topological polar surface area (TPSA) is 23.6 Å². The van der Waals surface area contributed by atoms with E-state index in [1.165, 1.54) is 5.69 Å². The molecule has 5 heteroatoms. The van der Waals surface area contributed by atoms with Gasteiger partial charge < -0.3 is 4.90 Å². The monoisotopic (exact) mass is 406 g/mol. The molecule has 0 spiro atoms. The van der Waals surface area contributed by atoms with Gasteiger partial charge in [-0.05, 0) is 30.3 Å². The molecular weight excluding hydrogens is 388 g/mol. The Balaban J connectivity index is 1.47. The first kappa shape index (κ1) is 17.5. The number of nitrogens with zero attached hydrogens (tertiary/aromatic N) is 2. The molecule has 1 aliphatic heterocycles. The number of carbonyl (C=O) groups is 1. The van der Waals surface area contributed by atoms with Crippen molar-refractivity contribution < 1.29 is 4.79 Å². The predicted octanol–water partition coefficient (Wildman–Crippen LogP) is 4.50. The van der Waals surface area contributed by atoms with Crippen LogP contribution in [0.3, 0.4) is 0 Å². The SMILES string of the molecule is O=C(CCN1CCN(c2cccc(Cl)c2)CC1)c1ccc(Br)cc1.